The first-order chi connectivity index (χ1) is 31.9. The molecule has 0 N–H and O–H groups in total. The molecule has 0 bridgehead atoms. The summed E-state index contributed by atoms with van der Waals surface area (Å²) in [5.74, 6) is 0. The second kappa shape index (κ2) is 15.1. The summed E-state index contributed by atoms with van der Waals surface area (Å²) in [5, 5.41) is 0. The fourth-order valence-corrected chi connectivity index (χ4v) is 11.3. The number of nitrogens with zero attached hydrogens (tertiary/aromatic N) is 3. The van der Waals surface area contributed by atoms with E-state index in [0.29, 0.717) is 0 Å². The van der Waals surface area contributed by atoms with Gasteiger partial charge in [-0.05, 0) is 144 Å². The van der Waals surface area contributed by atoms with Crippen molar-refractivity contribution in [3.05, 3.63) is 204 Å². The van der Waals surface area contributed by atoms with Gasteiger partial charge in [0.1, 0.15) is 0 Å². The minimum absolute atomic E-state index is 0.0226. The Labute approximate surface area is 399 Å². The van der Waals surface area contributed by atoms with Crippen LogP contribution >= 0.6 is 0 Å². The topological polar surface area (TPSA) is 9.72 Å². The summed E-state index contributed by atoms with van der Waals surface area (Å²) >= 11 is 0. The predicted molar refractivity (Wildman–Crippen MR) is 289 cm³/mol. The molecule has 8 aromatic rings. The summed E-state index contributed by atoms with van der Waals surface area (Å²) in [6.45, 7) is 25.9. The molecular formula is C63H62BN3. The normalized spacial score (nSPS) is 14.5. The van der Waals surface area contributed by atoms with Gasteiger partial charge < -0.3 is 14.7 Å². The second-order valence-electron chi connectivity index (χ2n) is 22.7. The van der Waals surface area contributed by atoms with Gasteiger partial charge in [-0.1, -0.05) is 179 Å². The monoisotopic (exact) mass is 872 g/mol. The molecule has 0 radical (unpaired) electrons. The van der Waals surface area contributed by atoms with Crippen molar-refractivity contribution in [1.82, 2.24) is 0 Å². The average Bonchev–Trinajstić information content (AvgIpc) is 3.54. The van der Waals surface area contributed by atoms with E-state index >= 15 is 0 Å². The number of hydrogen-bond donors (Lipinski definition) is 0. The lowest BCUT2D eigenvalue weighted by molar-refractivity contribution is 0.589. The maximum Gasteiger partial charge on any atom is 0.252 e. The van der Waals surface area contributed by atoms with Crippen molar-refractivity contribution in [2.75, 3.05) is 14.7 Å². The van der Waals surface area contributed by atoms with E-state index in [1.165, 1.54) is 89.5 Å². The van der Waals surface area contributed by atoms with E-state index in [9.17, 15) is 0 Å². The molecule has 0 saturated heterocycles. The zero-order valence-corrected chi connectivity index (χ0v) is 41.2. The lowest BCUT2D eigenvalue weighted by atomic mass is 9.33. The number of anilines is 9. The zero-order valence-electron chi connectivity index (χ0n) is 41.2. The smallest absolute Gasteiger partial charge is 0.252 e. The molecule has 0 amide bonds. The van der Waals surface area contributed by atoms with Crippen LogP contribution in [0.25, 0.3) is 11.1 Å². The van der Waals surface area contributed by atoms with E-state index in [-0.39, 0.29) is 28.4 Å². The van der Waals surface area contributed by atoms with E-state index in [0.717, 1.165) is 17.1 Å². The minimum atomic E-state index is -0.242. The fourth-order valence-electron chi connectivity index (χ4n) is 11.3. The standard InChI is InChI=1S/C63H62BN3/c1-60(2,3)41-29-32-46(33-30-41)66-53-36-31-42(61(4,5)6)37-52(53)64-51-35-34-47(65(44-21-14-12-15-22-44)45-23-16-13-17-24-45)40-55(51)67(57-39-43(62(7,8)9)38-56(66)59(57)64)54-28-20-26-49-48-25-18-19-27-50(48)63(10,11)58(49)54/h12-40H,1-11H3. The van der Waals surface area contributed by atoms with E-state index < -0.39 is 0 Å². The molecule has 0 atom stereocenters. The van der Waals surface area contributed by atoms with Crippen LogP contribution in [0.15, 0.2) is 176 Å². The van der Waals surface area contributed by atoms with E-state index in [1.54, 1.807) is 0 Å². The molecule has 8 aromatic carbocycles. The van der Waals surface area contributed by atoms with Crippen LogP contribution in [-0.2, 0) is 21.7 Å². The Balaban J connectivity index is 1.27. The number of fused-ring (bicyclic) bond motifs is 7. The highest BCUT2D eigenvalue weighted by Gasteiger charge is 2.47. The molecule has 4 heteroatoms. The lowest BCUT2D eigenvalue weighted by Crippen LogP contribution is -2.61. The van der Waals surface area contributed by atoms with Gasteiger partial charge in [-0.2, -0.15) is 0 Å². The Morgan fingerprint density at radius 1 is 0.403 bits per heavy atom. The minimum Gasteiger partial charge on any atom is -0.311 e. The van der Waals surface area contributed by atoms with Crippen LogP contribution in [-0.4, -0.2) is 6.71 Å². The Kier molecular flexibility index (Phi) is 9.67. The maximum atomic E-state index is 2.67. The number of para-hydroxylation sites is 2. The van der Waals surface area contributed by atoms with Gasteiger partial charge in [-0.3, -0.25) is 0 Å². The molecular weight excluding hydrogens is 810 g/mol. The van der Waals surface area contributed by atoms with Gasteiger partial charge in [-0.25, -0.2) is 0 Å². The molecule has 1 aliphatic carbocycles. The highest BCUT2D eigenvalue weighted by Crippen LogP contribution is 2.56. The highest BCUT2D eigenvalue weighted by molar-refractivity contribution is 7.00. The molecule has 67 heavy (non-hydrogen) atoms. The summed E-state index contributed by atoms with van der Waals surface area (Å²) in [5.41, 5.74) is 23.7. The summed E-state index contributed by atoms with van der Waals surface area (Å²) in [7, 11) is 0. The third-order valence-electron chi connectivity index (χ3n) is 14.9. The molecule has 0 saturated carbocycles. The molecule has 0 aromatic heterocycles. The van der Waals surface area contributed by atoms with Crippen molar-refractivity contribution in [2.45, 2.75) is 97.8 Å². The molecule has 0 fully saturated rings. The van der Waals surface area contributed by atoms with Crippen LogP contribution < -0.4 is 31.1 Å². The van der Waals surface area contributed by atoms with Crippen molar-refractivity contribution in [2.24, 2.45) is 0 Å². The van der Waals surface area contributed by atoms with Crippen LogP contribution in [0, 0.1) is 0 Å². The van der Waals surface area contributed by atoms with Crippen LogP contribution in [0.5, 0.6) is 0 Å². The first kappa shape index (κ1) is 42.8. The molecule has 11 rings (SSSR count). The van der Waals surface area contributed by atoms with Crippen LogP contribution in [0.2, 0.25) is 0 Å². The number of hydrogen-bond acceptors (Lipinski definition) is 3. The van der Waals surface area contributed by atoms with Gasteiger partial charge in [-0.15, -0.1) is 0 Å². The molecule has 0 unspecified atom stereocenters. The third-order valence-corrected chi connectivity index (χ3v) is 14.9. The van der Waals surface area contributed by atoms with Gasteiger partial charge in [0.05, 0.1) is 5.69 Å². The van der Waals surface area contributed by atoms with Crippen molar-refractivity contribution in [3.63, 3.8) is 0 Å². The number of benzene rings is 8. The Hall–Kier alpha value is -6.78. The zero-order chi connectivity index (χ0) is 46.8. The Morgan fingerprint density at radius 2 is 0.970 bits per heavy atom. The van der Waals surface area contributed by atoms with Crippen molar-refractivity contribution in [3.8, 4) is 11.1 Å². The number of rotatable bonds is 5. The van der Waals surface area contributed by atoms with Gasteiger partial charge in [0.25, 0.3) is 6.71 Å². The molecule has 3 nitrogen and oxygen atoms in total. The second-order valence-corrected chi connectivity index (χ2v) is 22.7. The van der Waals surface area contributed by atoms with Gasteiger partial charge >= 0.3 is 0 Å². The first-order valence-corrected chi connectivity index (χ1v) is 24.2. The Bertz CT molecular complexity index is 3180. The Morgan fingerprint density at radius 3 is 1.60 bits per heavy atom. The highest BCUT2D eigenvalue weighted by atomic mass is 15.2. The van der Waals surface area contributed by atoms with Gasteiger partial charge in [0.15, 0.2) is 0 Å². The van der Waals surface area contributed by atoms with Gasteiger partial charge in [0, 0.05) is 50.9 Å². The lowest BCUT2D eigenvalue weighted by Gasteiger charge is -2.46. The predicted octanol–water partition coefficient (Wildman–Crippen LogP) is 15.4. The molecule has 2 aliphatic heterocycles. The van der Waals surface area contributed by atoms with Crippen LogP contribution in [0.3, 0.4) is 0 Å². The first-order valence-electron chi connectivity index (χ1n) is 24.2. The molecule has 2 heterocycles. The van der Waals surface area contributed by atoms with Gasteiger partial charge in [0.2, 0.25) is 0 Å². The van der Waals surface area contributed by atoms with Crippen molar-refractivity contribution < 1.29 is 0 Å². The third kappa shape index (κ3) is 6.85. The van der Waals surface area contributed by atoms with Crippen molar-refractivity contribution >= 4 is 74.3 Å². The summed E-state index contributed by atoms with van der Waals surface area (Å²) in [6, 6.07) is 66.8. The van der Waals surface area contributed by atoms with E-state index in [4.69, 9.17) is 0 Å². The molecule has 0 spiro atoms. The fraction of sp³-hybridized carbons (Fsp3) is 0.238. The summed E-state index contributed by atoms with van der Waals surface area (Å²) < 4.78 is 0. The van der Waals surface area contributed by atoms with E-state index in [2.05, 4.69) is 267 Å². The van der Waals surface area contributed by atoms with Crippen LogP contribution in [0.1, 0.15) is 104 Å². The van der Waals surface area contributed by atoms with E-state index in [1.807, 2.05) is 0 Å². The van der Waals surface area contributed by atoms with Crippen molar-refractivity contribution in [1.29, 1.82) is 0 Å². The molecule has 332 valence electrons. The largest absolute Gasteiger partial charge is 0.311 e. The average molecular weight is 872 g/mol. The SMILES string of the molecule is CC(C)(C)c1ccc(N2c3ccc(C(C)(C)C)cc3B3c4ccc(N(c5ccccc5)c5ccccc5)cc4N(c4cccc5c4C(C)(C)c4ccccc4-5)c4cc(C(C)(C)C)cc2c43)cc1. The quantitative estimate of drug-likeness (QED) is 0.160. The molecule has 3 aliphatic rings. The summed E-state index contributed by atoms with van der Waals surface area (Å²) in [4.78, 5) is 7.66. The van der Waals surface area contributed by atoms with Crippen LogP contribution in [0.4, 0.5) is 51.2 Å². The maximum absolute atomic E-state index is 2.67. The summed E-state index contributed by atoms with van der Waals surface area (Å²) in [6.07, 6.45) is 0.